The number of nitro groups is 1. The number of non-ortho nitro benzene ring substituents is 1. The molecule has 0 saturated carbocycles. The van der Waals surface area contributed by atoms with Crippen LogP contribution in [0.1, 0.15) is 27.8 Å². The number of nitro benzene ring substituents is 1. The Balaban J connectivity index is 1.53. The molecule has 0 aliphatic carbocycles. The minimum Gasteiger partial charge on any atom is -0.488 e. The zero-order valence-corrected chi connectivity index (χ0v) is 19.3. The molecule has 7 nitrogen and oxygen atoms in total. The molecule has 0 spiro atoms. The number of benzene rings is 3. The van der Waals surface area contributed by atoms with Crippen LogP contribution in [0.3, 0.4) is 0 Å². The lowest BCUT2D eigenvalue weighted by Crippen LogP contribution is -2.20. The highest BCUT2D eigenvalue weighted by atomic mass is 79.9. The second-order valence-corrected chi connectivity index (χ2v) is 8.16. The van der Waals surface area contributed by atoms with Gasteiger partial charge in [-0.25, -0.2) is 5.43 Å². The van der Waals surface area contributed by atoms with Crippen molar-refractivity contribution < 1.29 is 14.5 Å². The van der Waals surface area contributed by atoms with Crippen molar-refractivity contribution in [3.8, 4) is 5.75 Å². The third-order valence-corrected chi connectivity index (χ3v) is 5.37. The summed E-state index contributed by atoms with van der Waals surface area (Å²) in [6.07, 6.45) is 1.83. The van der Waals surface area contributed by atoms with Crippen molar-refractivity contribution in [3.63, 3.8) is 0 Å². The van der Waals surface area contributed by atoms with E-state index >= 15 is 0 Å². The van der Waals surface area contributed by atoms with Gasteiger partial charge in [-0.1, -0.05) is 23.8 Å². The molecular weight excluding hydrogens is 474 g/mol. The first kappa shape index (κ1) is 23.1. The smallest absolute Gasteiger partial charge is 0.269 e. The van der Waals surface area contributed by atoms with Crippen LogP contribution in [0.25, 0.3) is 0 Å². The molecule has 8 heteroatoms. The molecule has 3 aromatic rings. The van der Waals surface area contributed by atoms with E-state index in [1.807, 2.05) is 38.1 Å². The highest BCUT2D eigenvalue weighted by Gasteiger charge is 2.07. The van der Waals surface area contributed by atoms with E-state index in [-0.39, 0.29) is 24.6 Å². The van der Waals surface area contributed by atoms with Gasteiger partial charge in [-0.15, -0.1) is 0 Å². The van der Waals surface area contributed by atoms with E-state index < -0.39 is 4.92 Å². The third kappa shape index (κ3) is 6.49. The number of carbonyl (C=O) groups excluding carboxylic acids is 1. The van der Waals surface area contributed by atoms with Crippen LogP contribution in [0.15, 0.2) is 70.2 Å². The fourth-order valence-electron chi connectivity index (χ4n) is 3.02. The lowest BCUT2D eigenvalue weighted by atomic mass is 10.0. The van der Waals surface area contributed by atoms with Gasteiger partial charge in [0.25, 0.3) is 5.69 Å². The molecule has 0 atom stereocenters. The first-order chi connectivity index (χ1) is 15.3. The van der Waals surface area contributed by atoms with Crippen molar-refractivity contribution in [1.29, 1.82) is 0 Å². The Kier molecular flexibility index (Phi) is 7.72. The van der Waals surface area contributed by atoms with Crippen LogP contribution >= 0.6 is 15.9 Å². The zero-order chi connectivity index (χ0) is 23.1. The van der Waals surface area contributed by atoms with Gasteiger partial charge in [-0.2, -0.15) is 5.10 Å². The highest BCUT2D eigenvalue weighted by Crippen LogP contribution is 2.26. The van der Waals surface area contributed by atoms with E-state index in [1.165, 1.54) is 12.1 Å². The molecule has 3 rings (SSSR count). The van der Waals surface area contributed by atoms with Gasteiger partial charge in [0, 0.05) is 12.1 Å². The van der Waals surface area contributed by atoms with Gasteiger partial charge in [-0.3, -0.25) is 14.9 Å². The summed E-state index contributed by atoms with van der Waals surface area (Å²) in [5.41, 5.74) is 7.41. The zero-order valence-electron chi connectivity index (χ0n) is 17.7. The second-order valence-electron chi connectivity index (χ2n) is 7.30. The third-order valence-electron chi connectivity index (χ3n) is 4.75. The summed E-state index contributed by atoms with van der Waals surface area (Å²) in [5.74, 6) is 0.440. The van der Waals surface area contributed by atoms with Crippen molar-refractivity contribution in [1.82, 2.24) is 5.43 Å². The molecule has 0 radical (unpaired) electrons. The molecule has 1 N–H and O–H groups in total. The number of amides is 1. The van der Waals surface area contributed by atoms with Gasteiger partial charge >= 0.3 is 0 Å². The van der Waals surface area contributed by atoms with E-state index in [2.05, 4.69) is 32.5 Å². The lowest BCUT2D eigenvalue weighted by Gasteiger charge is -2.09. The first-order valence-corrected chi connectivity index (χ1v) is 10.6. The first-order valence-electron chi connectivity index (χ1n) is 9.85. The maximum absolute atomic E-state index is 12.1. The fraction of sp³-hybridized carbons (Fsp3) is 0.167. The van der Waals surface area contributed by atoms with Crippen molar-refractivity contribution in [2.75, 3.05) is 0 Å². The topological polar surface area (TPSA) is 93.8 Å². The van der Waals surface area contributed by atoms with Crippen LogP contribution in [0, 0.1) is 24.0 Å². The number of ether oxygens (including phenoxy) is 1. The number of halogens is 1. The maximum Gasteiger partial charge on any atom is 0.269 e. The van der Waals surface area contributed by atoms with Gasteiger partial charge in [0.1, 0.15) is 12.4 Å². The summed E-state index contributed by atoms with van der Waals surface area (Å²) in [6.45, 7) is 4.28. The van der Waals surface area contributed by atoms with Crippen LogP contribution in [-0.4, -0.2) is 17.0 Å². The monoisotopic (exact) mass is 495 g/mol. The summed E-state index contributed by atoms with van der Waals surface area (Å²) < 4.78 is 6.50. The average Bonchev–Trinajstić information content (AvgIpc) is 2.75. The molecular formula is C24H22BrN3O4. The molecule has 0 aliphatic heterocycles. The minimum atomic E-state index is -0.437. The highest BCUT2D eigenvalue weighted by molar-refractivity contribution is 9.10. The summed E-state index contributed by atoms with van der Waals surface area (Å²) in [4.78, 5) is 22.4. The summed E-state index contributed by atoms with van der Waals surface area (Å²) in [7, 11) is 0. The lowest BCUT2D eigenvalue weighted by molar-refractivity contribution is -0.384. The van der Waals surface area contributed by atoms with Gasteiger partial charge in [0.05, 0.1) is 22.0 Å². The van der Waals surface area contributed by atoms with E-state index in [9.17, 15) is 14.9 Å². The molecule has 164 valence electrons. The predicted octanol–water partition coefficient (Wildman–Crippen LogP) is 5.25. The largest absolute Gasteiger partial charge is 0.488 e. The molecule has 0 fully saturated rings. The number of aryl methyl sites for hydroxylation is 2. The number of carbonyl (C=O) groups is 1. The summed E-state index contributed by atoms with van der Waals surface area (Å²) in [5, 5.41) is 14.8. The van der Waals surface area contributed by atoms with Gasteiger partial charge in [0.15, 0.2) is 0 Å². The molecule has 1 amide bonds. The van der Waals surface area contributed by atoms with Gasteiger partial charge in [0.2, 0.25) is 5.91 Å². The van der Waals surface area contributed by atoms with Crippen LogP contribution in [-0.2, 0) is 17.8 Å². The molecule has 32 heavy (non-hydrogen) atoms. The Hall–Kier alpha value is -3.52. The maximum atomic E-state index is 12.1. The van der Waals surface area contributed by atoms with Crippen molar-refractivity contribution in [2.24, 2.45) is 5.10 Å². The SMILES string of the molecule is Cc1ccc(CC(=O)N/N=C\c2ccc(OCc3ccc([N+](=O)[O-])cc3)c(Br)c2)c(C)c1. The number of nitrogens with zero attached hydrogens (tertiary/aromatic N) is 2. The standard InChI is InChI=1S/C24H22BrN3O4/c1-16-3-7-20(17(2)11-16)13-24(29)27-26-14-19-6-10-23(22(25)12-19)32-15-18-4-8-21(9-5-18)28(30)31/h3-12,14H,13,15H2,1-2H3,(H,27,29)/b26-14-. The van der Waals surface area contributed by atoms with Crippen molar-refractivity contribution >= 4 is 33.7 Å². The molecule has 0 saturated heterocycles. The van der Waals surface area contributed by atoms with Crippen LogP contribution in [0.2, 0.25) is 0 Å². The van der Waals surface area contributed by atoms with Gasteiger partial charge < -0.3 is 4.74 Å². The van der Waals surface area contributed by atoms with E-state index in [1.54, 1.807) is 24.4 Å². The van der Waals surface area contributed by atoms with E-state index in [0.29, 0.717) is 5.75 Å². The number of rotatable bonds is 8. The average molecular weight is 496 g/mol. The molecule has 0 bridgehead atoms. The number of nitrogens with one attached hydrogen (secondary N) is 1. The predicted molar refractivity (Wildman–Crippen MR) is 127 cm³/mol. The molecule has 3 aromatic carbocycles. The summed E-state index contributed by atoms with van der Waals surface area (Å²) in [6, 6.07) is 17.6. The van der Waals surface area contributed by atoms with E-state index in [0.717, 1.165) is 32.3 Å². The Bertz CT molecular complexity index is 1160. The molecule has 0 heterocycles. The van der Waals surface area contributed by atoms with Crippen LogP contribution in [0.5, 0.6) is 5.75 Å². The number of hydrazone groups is 1. The molecule has 0 unspecified atom stereocenters. The Morgan fingerprint density at radius 2 is 1.88 bits per heavy atom. The second kappa shape index (κ2) is 10.7. The number of hydrogen-bond donors (Lipinski definition) is 1. The van der Waals surface area contributed by atoms with Gasteiger partial charge in [-0.05, 0) is 82.4 Å². The molecule has 0 aromatic heterocycles. The van der Waals surface area contributed by atoms with Crippen LogP contribution in [0.4, 0.5) is 5.69 Å². The van der Waals surface area contributed by atoms with Crippen molar-refractivity contribution in [2.45, 2.75) is 26.9 Å². The Morgan fingerprint density at radius 3 is 2.53 bits per heavy atom. The fourth-order valence-corrected chi connectivity index (χ4v) is 3.54. The quantitative estimate of drug-likeness (QED) is 0.262. The van der Waals surface area contributed by atoms with E-state index in [4.69, 9.17) is 4.74 Å². The van der Waals surface area contributed by atoms with Crippen molar-refractivity contribution in [3.05, 3.63) is 103 Å². The van der Waals surface area contributed by atoms with Crippen LogP contribution < -0.4 is 10.2 Å². The molecule has 0 aliphatic rings. The Labute approximate surface area is 194 Å². The normalized spacial score (nSPS) is 10.8. The Morgan fingerprint density at radius 1 is 1.12 bits per heavy atom. The minimum absolute atomic E-state index is 0.0414. The number of hydrogen-bond acceptors (Lipinski definition) is 5. The summed E-state index contributed by atoms with van der Waals surface area (Å²) >= 11 is 3.47.